The molecular formula is C14H21NO2S. The summed E-state index contributed by atoms with van der Waals surface area (Å²) in [5, 5.41) is 2.78. The van der Waals surface area contributed by atoms with Gasteiger partial charge in [-0.2, -0.15) is 0 Å². The highest BCUT2D eigenvalue weighted by atomic mass is 32.2. The van der Waals surface area contributed by atoms with Crippen LogP contribution < -0.4 is 5.32 Å². The molecule has 1 aromatic rings. The molecule has 0 saturated carbocycles. The van der Waals surface area contributed by atoms with E-state index in [2.05, 4.69) is 12.2 Å². The highest BCUT2D eigenvalue weighted by Crippen LogP contribution is 2.06. The molecular weight excluding hydrogens is 246 g/mol. The Morgan fingerprint density at radius 1 is 1.39 bits per heavy atom. The van der Waals surface area contributed by atoms with Crippen LogP contribution in [0.3, 0.4) is 0 Å². The van der Waals surface area contributed by atoms with Crippen molar-refractivity contribution in [3.63, 3.8) is 0 Å². The van der Waals surface area contributed by atoms with E-state index in [0.717, 1.165) is 24.0 Å². The third-order valence-corrected chi connectivity index (χ3v) is 3.79. The lowest BCUT2D eigenvalue weighted by molar-refractivity contribution is -0.118. The van der Waals surface area contributed by atoms with Gasteiger partial charge in [-0.1, -0.05) is 43.2 Å². The third kappa shape index (κ3) is 5.96. The molecule has 0 aromatic heterocycles. The molecule has 0 aliphatic carbocycles. The van der Waals surface area contributed by atoms with Crippen LogP contribution in [0.4, 0.5) is 0 Å². The van der Waals surface area contributed by atoms with E-state index in [-0.39, 0.29) is 11.7 Å². The van der Waals surface area contributed by atoms with Gasteiger partial charge < -0.3 is 5.32 Å². The minimum Gasteiger partial charge on any atom is -0.355 e. The Kier molecular flexibility index (Phi) is 6.65. The van der Waals surface area contributed by atoms with Gasteiger partial charge in [-0.05, 0) is 18.9 Å². The number of amides is 1. The Morgan fingerprint density at radius 2 is 2.17 bits per heavy atom. The molecule has 0 unspecified atom stereocenters. The SMILES string of the molecule is CCCCNC(=O)C[S@@](=O)Cc1cccc(C)c1. The molecule has 0 heterocycles. The van der Waals surface area contributed by atoms with Gasteiger partial charge in [0.2, 0.25) is 5.91 Å². The summed E-state index contributed by atoms with van der Waals surface area (Å²) >= 11 is 0. The molecule has 1 rings (SSSR count). The number of rotatable bonds is 7. The molecule has 1 N–H and O–H groups in total. The third-order valence-electron chi connectivity index (χ3n) is 2.55. The van der Waals surface area contributed by atoms with E-state index in [0.29, 0.717) is 12.3 Å². The second-order valence-corrected chi connectivity index (χ2v) is 5.88. The van der Waals surface area contributed by atoms with Gasteiger partial charge in [0.1, 0.15) is 5.75 Å². The van der Waals surface area contributed by atoms with Gasteiger partial charge >= 0.3 is 0 Å². The van der Waals surface area contributed by atoms with Crippen LogP contribution in [0.25, 0.3) is 0 Å². The van der Waals surface area contributed by atoms with Crippen LogP contribution in [0.15, 0.2) is 24.3 Å². The Bertz CT molecular complexity index is 418. The molecule has 0 aliphatic heterocycles. The van der Waals surface area contributed by atoms with Crippen molar-refractivity contribution < 1.29 is 9.00 Å². The maximum absolute atomic E-state index is 11.8. The van der Waals surface area contributed by atoms with Crippen molar-refractivity contribution in [1.82, 2.24) is 5.32 Å². The van der Waals surface area contributed by atoms with Crippen LogP contribution >= 0.6 is 0 Å². The summed E-state index contributed by atoms with van der Waals surface area (Å²) < 4.78 is 11.8. The van der Waals surface area contributed by atoms with E-state index < -0.39 is 10.8 Å². The number of carbonyl (C=O) groups is 1. The van der Waals surface area contributed by atoms with Crippen molar-refractivity contribution in [2.75, 3.05) is 12.3 Å². The van der Waals surface area contributed by atoms with Gasteiger partial charge in [-0.3, -0.25) is 9.00 Å². The van der Waals surface area contributed by atoms with Crippen LogP contribution in [-0.2, 0) is 21.3 Å². The Hall–Kier alpha value is -1.16. The first-order valence-electron chi connectivity index (χ1n) is 6.29. The Balaban J connectivity index is 2.35. The normalized spacial score (nSPS) is 12.1. The fourth-order valence-electron chi connectivity index (χ4n) is 1.64. The smallest absolute Gasteiger partial charge is 0.232 e. The highest BCUT2D eigenvalue weighted by Gasteiger charge is 2.08. The maximum atomic E-state index is 11.8. The molecule has 0 bridgehead atoms. The number of hydrogen-bond donors (Lipinski definition) is 1. The van der Waals surface area contributed by atoms with E-state index in [1.165, 1.54) is 0 Å². The maximum Gasteiger partial charge on any atom is 0.232 e. The lowest BCUT2D eigenvalue weighted by Crippen LogP contribution is -2.29. The predicted octanol–water partition coefficient (Wildman–Crippen LogP) is 2.16. The summed E-state index contributed by atoms with van der Waals surface area (Å²) in [6.45, 7) is 4.75. The molecule has 4 heteroatoms. The lowest BCUT2D eigenvalue weighted by Gasteiger charge is -2.05. The quantitative estimate of drug-likeness (QED) is 0.770. The first-order chi connectivity index (χ1) is 8.61. The fraction of sp³-hybridized carbons (Fsp3) is 0.500. The topological polar surface area (TPSA) is 46.2 Å². The van der Waals surface area contributed by atoms with Gasteiger partial charge in [0, 0.05) is 23.1 Å². The van der Waals surface area contributed by atoms with Gasteiger partial charge in [0.15, 0.2) is 0 Å². The van der Waals surface area contributed by atoms with Gasteiger partial charge in [-0.15, -0.1) is 0 Å². The number of aryl methyl sites for hydroxylation is 1. The van der Waals surface area contributed by atoms with Crippen molar-refractivity contribution in [3.05, 3.63) is 35.4 Å². The lowest BCUT2D eigenvalue weighted by atomic mass is 10.2. The molecule has 1 atom stereocenters. The number of benzene rings is 1. The average Bonchev–Trinajstić information content (AvgIpc) is 2.29. The highest BCUT2D eigenvalue weighted by molar-refractivity contribution is 7.84. The largest absolute Gasteiger partial charge is 0.355 e. The van der Waals surface area contributed by atoms with Crippen LogP contribution in [0.5, 0.6) is 0 Å². The van der Waals surface area contributed by atoms with Crippen LogP contribution in [-0.4, -0.2) is 22.4 Å². The number of carbonyl (C=O) groups excluding carboxylic acids is 1. The van der Waals surface area contributed by atoms with Crippen LogP contribution in [0, 0.1) is 6.92 Å². The number of nitrogens with one attached hydrogen (secondary N) is 1. The van der Waals surface area contributed by atoms with Crippen LogP contribution in [0.2, 0.25) is 0 Å². The van der Waals surface area contributed by atoms with E-state index in [1.54, 1.807) is 0 Å². The van der Waals surface area contributed by atoms with Crippen molar-refractivity contribution in [2.24, 2.45) is 0 Å². The molecule has 100 valence electrons. The predicted molar refractivity (Wildman–Crippen MR) is 75.8 cm³/mol. The molecule has 0 aliphatic rings. The summed E-state index contributed by atoms with van der Waals surface area (Å²) in [6.07, 6.45) is 2.02. The Labute approximate surface area is 111 Å². The van der Waals surface area contributed by atoms with E-state index in [9.17, 15) is 9.00 Å². The van der Waals surface area contributed by atoms with Crippen molar-refractivity contribution >= 4 is 16.7 Å². The first-order valence-corrected chi connectivity index (χ1v) is 7.78. The zero-order valence-electron chi connectivity index (χ0n) is 11.1. The molecule has 0 radical (unpaired) electrons. The van der Waals surface area contributed by atoms with Crippen molar-refractivity contribution in [1.29, 1.82) is 0 Å². The number of hydrogen-bond acceptors (Lipinski definition) is 2. The molecule has 0 fully saturated rings. The van der Waals surface area contributed by atoms with Gasteiger partial charge in [0.25, 0.3) is 0 Å². The minimum atomic E-state index is -1.13. The molecule has 1 aromatic carbocycles. The van der Waals surface area contributed by atoms with Crippen molar-refractivity contribution in [2.45, 2.75) is 32.4 Å². The van der Waals surface area contributed by atoms with E-state index in [1.807, 2.05) is 31.2 Å². The minimum absolute atomic E-state index is 0.0949. The van der Waals surface area contributed by atoms with E-state index >= 15 is 0 Å². The fourth-order valence-corrected chi connectivity index (χ4v) is 2.69. The zero-order valence-corrected chi connectivity index (χ0v) is 11.9. The van der Waals surface area contributed by atoms with Gasteiger partial charge in [0.05, 0.1) is 0 Å². The summed E-state index contributed by atoms with van der Waals surface area (Å²) in [7, 11) is -1.13. The summed E-state index contributed by atoms with van der Waals surface area (Å²) in [6, 6.07) is 7.90. The second kappa shape index (κ2) is 8.03. The summed E-state index contributed by atoms with van der Waals surface area (Å²) in [4.78, 5) is 11.5. The van der Waals surface area contributed by atoms with E-state index in [4.69, 9.17) is 0 Å². The van der Waals surface area contributed by atoms with Crippen LogP contribution in [0.1, 0.15) is 30.9 Å². The molecule has 3 nitrogen and oxygen atoms in total. The number of unbranched alkanes of at least 4 members (excludes halogenated alkanes) is 1. The summed E-state index contributed by atoms with van der Waals surface area (Å²) in [5.74, 6) is 0.426. The Morgan fingerprint density at radius 3 is 2.83 bits per heavy atom. The van der Waals surface area contributed by atoms with Crippen molar-refractivity contribution in [3.8, 4) is 0 Å². The molecule has 0 spiro atoms. The average molecular weight is 267 g/mol. The zero-order chi connectivity index (χ0) is 13.4. The first kappa shape index (κ1) is 14.9. The summed E-state index contributed by atoms with van der Waals surface area (Å²) in [5.41, 5.74) is 2.17. The monoisotopic (exact) mass is 267 g/mol. The molecule has 0 saturated heterocycles. The molecule has 1 amide bonds. The molecule has 18 heavy (non-hydrogen) atoms. The second-order valence-electron chi connectivity index (χ2n) is 4.42. The van der Waals surface area contributed by atoms with Gasteiger partial charge in [-0.25, -0.2) is 0 Å². The standard InChI is InChI=1S/C14H21NO2S/c1-3-4-8-15-14(16)11-18(17)10-13-7-5-6-12(2)9-13/h5-7,9H,3-4,8,10-11H2,1-2H3,(H,15,16)/t18-/m0/s1.